The van der Waals surface area contributed by atoms with Crippen LogP contribution in [0.25, 0.3) is 0 Å². The van der Waals surface area contributed by atoms with E-state index in [0.717, 1.165) is 24.2 Å². The van der Waals surface area contributed by atoms with E-state index in [9.17, 15) is 4.79 Å². The summed E-state index contributed by atoms with van der Waals surface area (Å²) >= 11 is 0. The number of carbonyl (C=O) groups excluding carboxylic acids is 1. The summed E-state index contributed by atoms with van der Waals surface area (Å²) in [6, 6.07) is 0. The van der Waals surface area contributed by atoms with Crippen LogP contribution in [0.15, 0.2) is 0 Å². The van der Waals surface area contributed by atoms with E-state index in [4.69, 9.17) is 5.73 Å². The molecule has 4 saturated carbocycles. The second-order valence-corrected chi connectivity index (χ2v) is 7.59. The lowest BCUT2D eigenvalue weighted by Crippen LogP contribution is -2.57. The van der Waals surface area contributed by atoms with Gasteiger partial charge in [-0.2, -0.15) is 0 Å². The maximum atomic E-state index is 11.9. The van der Waals surface area contributed by atoms with E-state index in [-0.39, 0.29) is 5.91 Å². The normalized spacial score (nSPS) is 44.7. The molecule has 4 aliphatic carbocycles. The van der Waals surface area contributed by atoms with Crippen LogP contribution < -0.4 is 11.1 Å². The van der Waals surface area contributed by atoms with Crippen molar-refractivity contribution in [3.8, 4) is 0 Å². The summed E-state index contributed by atoms with van der Waals surface area (Å²) in [5.41, 5.74) is 5.97. The van der Waals surface area contributed by atoms with Crippen LogP contribution >= 0.6 is 0 Å². The fourth-order valence-electron chi connectivity index (χ4n) is 5.65. The summed E-state index contributed by atoms with van der Waals surface area (Å²) in [5.74, 6) is 2.78. The quantitative estimate of drug-likeness (QED) is 0.805. The van der Waals surface area contributed by atoms with Gasteiger partial charge in [-0.1, -0.05) is 0 Å². The average molecular weight is 250 g/mol. The van der Waals surface area contributed by atoms with Crippen molar-refractivity contribution in [3.63, 3.8) is 0 Å². The maximum absolute atomic E-state index is 11.9. The smallest absolute Gasteiger partial charge is 0.239 e. The van der Waals surface area contributed by atoms with Crippen LogP contribution in [0.5, 0.6) is 0 Å². The van der Waals surface area contributed by atoms with Gasteiger partial charge in [0.05, 0.1) is 5.54 Å². The number of carbonyl (C=O) groups is 1. The Labute approximate surface area is 110 Å². The highest BCUT2D eigenvalue weighted by atomic mass is 16.2. The second-order valence-electron chi connectivity index (χ2n) is 7.59. The van der Waals surface area contributed by atoms with Crippen molar-refractivity contribution in [2.75, 3.05) is 7.05 Å². The molecule has 4 fully saturated rings. The molecule has 1 atom stereocenters. The van der Waals surface area contributed by atoms with E-state index in [0.29, 0.717) is 5.41 Å². The molecular weight excluding hydrogens is 224 g/mol. The lowest BCUT2D eigenvalue weighted by Gasteiger charge is -2.58. The molecule has 3 nitrogen and oxygen atoms in total. The molecule has 1 unspecified atom stereocenters. The Morgan fingerprint density at radius 1 is 1.22 bits per heavy atom. The molecule has 4 aliphatic rings. The number of hydrogen-bond donors (Lipinski definition) is 2. The Morgan fingerprint density at radius 2 is 1.67 bits per heavy atom. The highest BCUT2D eigenvalue weighted by molar-refractivity contribution is 5.85. The lowest BCUT2D eigenvalue weighted by atomic mass is 9.47. The van der Waals surface area contributed by atoms with Gasteiger partial charge < -0.3 is 11.1 Å². The van der Waals surface area contributed by atoms with Gasteiger partial charge >= 0.3 is 0 Å². The van der Waals surface area contributed by atoms with E-state index < -0.39 is 5.54 Å². The largest absolute Gasteiger partial charge is 0.358 e. The summed E-state index contributed by atoms with van der Waals surface area (Å²) in [7, 11) is 1.69. The van der Waals surface area contributed by atoms with Crippen molar-refractivity contribution in [3.05, 3.63) is 0 Å². The van der Waals surface area contributed by atoms with Crippen molar-refractivity contribution in [2.24, 2.45) is 28.9 Å². The van der Waals surface area contributed by atoms with Crippen LogP contribution in [0.1, 0.15) is 51.9 Å². The van der Waals surface area contributed by atoms with Crippen LogP contribution in [0, 0.1) is 23.2 Å². The van der Waals surface area contributed by atoms with E-state index >= 15 is 0 Å². The van der Waals surface area contributed by atoms with Crippen molar-refractivity contribution >= 4 is 5.91 Å². The van der Waals surface area contributed by atoms with E-state index in [1.54, 1.807) is 7.05 Å². The zero-order valence-corrected chi connectivity index (χ0v) is 11.7. The molecule has 0 heterocycles. The Kier molecular flexibility index (Phi) is 2.74. The summed E-state index contributed by atoms with van der Waals surface area (Å²) in [6.45, 7) is 1.91. The van der Waals surface area contributed by atoms with Crippen LogP contribution in [0.3, 0.4) is 0 Å². The first-order chi connectivity index (χ1) is 8.42. The van der Waals surface area contributed by atoms with Gasteiger partial charge in [-0.25, -0.2) is 0 Å². The topological polar surface area (TPSA) is 55.1 Å². The molecule has 0 aromatic heterocycles. The van der Waals surface area contributed by atoms with E-state index in [2.05, 4.69) is 5.32 Å². The first kappa shape index (κ1) is 12.5. The summed E-state index contributed by atoms with van der Waals surface area (Å²) in [4.78, 5) is 11.9. The monoisotopic (exact) mass is 250 g/mol. The molecule has 0 aromatic carbocycles. The third-order valence-electron chi connectivity index (χ3n) is 5.65. The molecule has 0 radical (unpaired) electrons. The summed E-state index contributed by atoms with van der Waals surface area (Å²) in [6.07, 6.45) is 9.18. The molecule has 4 bridgehead atoms. The molecule has 3 N–H and O–H groups in total. The minimum Gasteiger partial charge on any atom is -0.358 e. The van der Waals surface area contributed by atoms with Crippen molar-refractivity contribution < 1.29 is 4.79 Å². The number of rotatable bonds is 3. The van der Waals surface area contributed by atoms with Gasteiger partial charge in [0.15, 0.2) is 0 Å². The van der Waals surface area contributed by atoms with Crippen molar-refractivity contribution in [1.29, 1.82) is 0 Å². The van der Waals surface area contributed by atoms with Crippen LogP contribution in [-0.4, -0.2) is 18.5 Å². The van der Waals surface area contributed by atoms with Crippen LogP contribution in [0.2, 0.25) is 0 Å². The maximum Gasteiger partial charge on any atom is 0.239 e. The van der Waals surface area contributed by atoms with Gasteiger partial charge in [0.2, 0.25) is 5.91 Å². The Morgan fingerprint density at radius 3 is 2.06 bits per heavy atom. The third-order valence-corrected chi connectivity index (χ3v) is 5.65. The molecule has 0 aromatic rings. The molecule has 1 amide bonds. The van der Waals surface area contributed by atoms with E-state index in [1.165, 1.54) is 38.5 Å². The molecule has 0 saturated heterocycles. The second kappa shape index (κ2) is 3.96. The zero-order chi connectivity index (χ0) is 13.0. The number of likely N-dealkylation sites (N-methyl/N-ethyl adjacent to an activating group) is 1. The van der Waals surface area contributed by atoms with Gasteiger partial charge in [0.25, 0.3) is 0 Å². The van der Waals surface area contributed by atoms with E-state index in [1.807, 2.05) is 6.92 Å². The average Bonchev–Trinajstić information content (AvgIpc) is 2.24. The SMILES string of the molecule is CNC(=O)C(C)(N)CC12CC3CC(CC(C3)C1)C2. The molecule has 0 aliphatic heterocycles. The summed E-state index contributed by atoms with van der Waals surface area (Å²) < 4.78 is 0. The fourth-order valence-corrected chi connectivity index (χ4v) is 5.65. The number of amides is 1. The molecule has 18 heavy (non-hydrogen) atoms. The van der Waals surface area contributed by atoms with Crippen molar-refractivity contribution in [2.45, 2.75) is 57.4 Å². The molecule has 3 heteroatoms. The minimum absolute atomic E-state index is 0.00162. The third kappa shape index (κ3) is 1.97. The standard InChI is InChI=1S/C15H26N2O/c1-14(16,13(18)17-2)9-15-6-10-3-11(7-15)5-12(4-10)8-15/h10-12H,3-9,16H2,1-2H3,(H,17,18). The van der Waals surface area contributed by atoms with Gasteiger partial charge in [-0.3, -0.25) is 4.79 Å². The minimum atomic E-state index is -0.694. The molecule has 4 rings (SSSR count). The van der Waals surface area contributed by atoms with Gasteiger partial charge in [-0.15, -0.1) is 0 Å². The highest BCUT2D eigenvalue weighted by Gasteiger charge is 2.53. The van der Waals surface area contributed by atoms with Crippen LogP contribution in [-0.2, 0) is 4.79 Å². The number of nitrogens with two attached hydrogens (primary N) is 1. The first-order valence-electron chi connectivity index (χ1n) is 7.43. The predicted octanol–water partition coefficient (Wildman–Crippen LogP) is 2.06. The van der Waals surface area contributed by atoms with Crippen LogP contribution in [0.4, 0.5) is 0 Å². The van der Waals surface area contributed by atoms with Crippen molar-refractivity contribution in [1.82, 2.24) is 5.32 Å². The van der Waals surface area contributed by atoms with Gasteiger partial charge in [0, 0.05) is 7.05 Å². The first-order valence-corrected chi connectivity index (χ1v) is 7.43. The molecule has 0 spiro atoms. The zero-order valence-electron chi connectivity index (χ0n) is 11.7. The lowest BCUT2D eigenvalue weighted by molar-refractivity contribution is -0.129. The highest BCUT2D eigenvalue weighted by Crippen LogP contribution is 2.62. The van der Waals surface area contributed by atoms with Gasteiger partial charge in [0.1, 0.15) is 0 Å². The van der Waals surface area contributed by atoms with Gasteiger partial charge in [-0.05, 0) is 75.0 Å². The summed E-state index contributed by atoms with van der Waals surface area (Å²) in [5, 5.41) is 2.72. The Hall–Kier alpha value is -0.570. The predicted molar refractivity (Wildman–Crippen MR) is 71.9 cm³/mol. The molecule has 102 valence electrons. The Balaban J connectivity index is 1.78. The Bertz CT molecular complexity index is 326. The fraction of sp³-hybridized carbons (Fsp3) is 0.933. The number of hydrogen-bond acceptors (Lipinski definition) is 2. The molecular formula is C15H26N2O. The number of nitrogens with one attached hydrogen (secondary N) is 1.